The molecule has 0 aliphatic heterocycles. The number of ether oxygens (including phenoxy) is 1. The van der Waals surface area contributed by atoms with Gasteiger partial charge in [0.15, 0.2) is 0 Å². The van der Waals surface area contributed by atoms with Crippen molar-refractivity contribution in [1.82, 2.24) is 0 Å². The number of carboxylic acids is 1. The maximum atomic E-state index is 11.8. The summed E-state index contributed by atoms with van der Waals surface area (Å²) in [5.41, 5.74) is 0.539. The van der Waals surface area contributed by atoms with Gasteiger partial charge in [0.1, 0.15) is 5.92 Å². The van der Waals surface area contributed by atoms with Crippen LogP contribution in [0, 0.1) is 11.3 Å². The van der Waals surface area contributed by atoms with Crippen LogP contribution in [0.5, 0.6) is 0 Å². The van der Waals surface area contributed by atoms with E-state index >= 15 is 0 Å². The Hall–Kier alpha value is -1.35. The topological polar surface area (TPSA) is 46.5 Å². The lowest BCUT2D eigenvalue weighted by molar-refractivity contribution is -0.145. The first kappa shape index (κ1) is 24.7. The molecule has 1 aromatic carbocycles. The van der Waals surface area contributed by atoms with Crippen LogP contribution in [0.2, 0.25) is 0 Å². The smallest absolute Gasteiger partial charge is 0.313 e. The molecular weight excluding hydrogens is 348 g/mol. The van der Waals surface area contributed by atoms with Crippen molar-refractivity contribution >= 4 is 5.97 Å². The summed E-state index contributed by atoms with van der Waals surface area (Å²) >= 11 is 0. The Morgan fingerprint density at radius 2 is 1.54 bits per heavy atom. The van der Waals surface area contributed by atoms with E-state index in [4.69, 9.17) is 4.74 Å². The van der Waals surface area contributed by atoms with E-state index < -0.39 is 11.9 Å². The fraction of sp³-hybridized carbons (Fsp3) is 0.720. The van der Waals surface area contributed by atoms with Crippen LogP contribution in [-0.4, -0.2) is 23.3 Å². The molecule has 0 radical (unpaired) electrons. The lowest BCUT2D eigenvalue weighted by Gasteiger charge is -2.43. The summed E-state index contributed by atoms with van der Waals surface area (Å²) in [6, 6.07) is 9.41. The maximum Gasteiger partial charge on any atom is 0.313 e. The molecule has 0 heterocycles. The molecule has 2 atom stereocenters. The average Bonchev–Trinajstić information content (AvgIpc) is 2.60. The van der Waals surface area contributed by atoms with Crippen LogP contribution in [0.1, 0.15) is 98.0 Å². The highest BCUT2D eigenvalue weighted by Crippen LogP contribution is 2.41. The Morgan fingerprint density at radius 1 is 0.964 bits per heavy atom. The van der Waals surface area contributed by atoms with Crippen molar-refractivity contribution in [2.75, 3.05) is 6.61 Å². The SMILES string of the molecule is CCCCCCCCC(C(C)(C)C)C(C)(C)OCC(C(=O)O)c1ccccc1. The third-order valence-corrected chi connectivity index (χ3v) is 5.85. The molecule has 0 bridgehead atoms. The second-order valence-corrected chi connectivity index (χ2v) is 9.69. The largest absolute Gasteiger partial charge is 0.481 e. The Balaban J connectivity index is 2.73. The predicted octanol–water partition coefficient (Wildman–Crippen LogP) is 7.06. The van der Waals surface area contributed by atoms with Gasteiger partial charge < -0.3 is 9.84 Å². The highest BCUT2D eigenvalue weighted by Gasteiger charge is 2.39. The van der Waals surface area contributed by atoms with Crippen molar-refractivity contribution in [3.8, 4) is 0 Å². The Morgan fingerprint density at radius 3 is 2.07 bits per heavy atom. The minimum atomic E-state index is -0.828. The fourth-order valence-corrected chi connectivity index (χ4v) is 4.35. The van der Waals surface area contributed by atoms with Crippen molar-refractivity contribution in [2.45, 2.75) is 98.0 Å². The van der Waals surface area contributed by atoms with Gasteiger partial charge in [-0.1, -0.05) is 96.6 Å². The van der Waals surface area contributed by atoms with E-state index in [0.29, 0.717) is 5.92 Å². The molecule has 1 rings (SSSR count). The standard InChI is InChI=1S/C25H42O3/c1-7-8-9-10-11-15-18-22(24(2,3)4)25(5,6)28-19-21(23(26)27)20-16-13-12-14-17-20/h12-14,16-17,21-22H,7-11,15,18-19H2,1-6H3,(H,26,27). The zero-order valence-corrected chi connectivity index (χ0v) is 19.0. The molecule has 0 spiro atoms. The van der Waals surface area contributed by atoms with Gasteiger partial charge in [0.25, 0.3) is 0 Å². The van der Waals surface area contributed by atoms with E-state index in [1.807, 2.05) is 30.3 Å². The number of unbranched alkanes of at least 4 members (excludes halogenated alkanes) is 5. The molecule has 160 valence electrons. The van der Waals surface area contributed by atoms with Crippen LogP contribution in [-0.2, 0) is 9.53 Å². The number of benzene rings is 1. The van der Waals surface area contributed by atoms with Crippen molar-refractivity contribution < 1.29 is 14.6 Å². The quantitative estimate of drug-likeness (QED) is 0.367. The molecule has 0 amide bonds. The number of rotatable bonds is 13. The van der Waals surface area contributed by atoms with E-state index in [0.717, 1.165) is 12.0 Å². The Kier molecular flexibility index (Phi) is 10.2. The Bertz CT molecular complexity index is 557. The molecule has 1 aromatic rings. The first-order valence-corrected chi connectivity index (χ1v) is 11.0. The molecule has 28 heavy (non-hydrogen) atoms. The van der Waals surface area contributed by atoms with Gasteiger partial charge in [-0.2, -0.15) is 0 Å². The second kappa shape index (κ2) is 11.6. The van der Waals surface area contributed by atoms with Crippen LogP contribution >= 0.6 is 0 Å². The van der Waals surface area contributed by atoms with E-state index in [-0.39, 0.29) is 17.6 Å². The molecule has 3 heteroatoms. The summed E-state index contributed by atoms with van der Waals surface area (Å²) in [6.45, 7) is 13.5. The zero-order chi connectivity index (χ0) is 21.2. The first-order chi connectivity index (χ1) is 13.1. The van der Waals surface area contributed by atoms with Crippen LogP contribution in [0.25, 0.3) is 0 Å². The van der Waals surface area contributed by atoms with Gasteiger partial charge in [0, 0.05) is 0 Å². The van der Waals surface area contributed by atoms with Crippen LogP contribution < -0.4 is 0 Å². The lowest BCUT2D eigenvalue weighted by Crippen LogP contribution is -2.43. The minimum absolute atomic E-state index is 0.110. The van der Waals surface area contributed by atoms with Crippen molar-refractivity contribution in [3.05, 3.63) is 35.9 Å². The monoisotopic (exact) mass is 390 g/mol. The van der Waals surface area contributed by atoms with Gasteiger partial charge in [0.2, 0.25) is 0 Å². The molecule has 0 aliphatic rings. The molecule has 1 N–H and O–H groups in total. The van der Waals surface area contributed by atoms with Crippen molar-refractivity contribution in [1.29, 1.82) is 0 Å². The number of hydrogen-bond acceptors (Lipinski definition) is 2. The summed E-state index contributed by atoms with van der Waals surface area (Å²) < 4.78 is 6.31. The lowest BCUT2D eigenvalue weighted by atomic mass is 9.69. The van der Waals surface area contributed by atoms with Crippen molar-refractivity contribution in [2.24, 2.45) is 11.3 Å². The number of carboxylic acid groups (broad SMARTS) is 1. The molecule has 0 fully saturated rings. The van der Waals surface area contributed by atoms with Gasteiger partial charge in [-0.05, 0) is 37.2 Å². The molecular formula is C25H42O3. The molecule has 0 saturated carbocycles. The number of hydrogen-bond donors (Lipinski definition) is 1. The zero-order valence-electron chi connectivity index (χ0n) is 19.0. The first-order valence-electron chi connectivity index (χ1n) is 11.0. The molecule has 0 aliphatic carbocycles. The van der Waals surface area contributed by atoms with Crippen LogP contribution in [0.3, 0.4) is 0 Å². The van der Waals surface area contributed by atoms with Gasteiger partial charge >= 0.3 is 5.97 Å². The maximum absolute atomic E-state index is 11.8. The third-order valence-electron chi connectivity index (χ3n) is 5.85. The number of carbonyl (C=O) groups is 1. The van der Waals surface area contributed by atoms with E-state index in [2.05, 4.69) is 41.5 Å². The van der Waals surface area contributed by atoms with Gasteiger partial charge in [-0.3, -0.25) is 4.79 Å². The average molecular weight is 391 g/mol. The van der Waals surface area contributed by atoms with Crippen LogP contribution in [0.15, 0.2) is 30.3 Å². The summed E-state index contributed by atoms with van der Waals surface area (Å²) in [5.74, 6) is -1.09. The van der Waals surface area contributed by atoms with E-state index in [1.54, 1.807) is 0 Å². The molecule has 2 unspecified atom stereocenters. The van der Waals surface area contributed by atoms with E-state index in [1.165, 1.54) is 38.5 Å². The van der Waals surface area contributed by atoms with Gasteiger partial charge in [0.05, 0.1) is 12.2 Å². The summed E-state index contributed by atoms with van der Waals surface area (Å²) in [6.07, 6.45) is 8.83. The normalized spacial score (nSPS) is 14.6. The summed E-state index contributed by atoms with van der Waals surface area (Å²) in [5, 5.41) is 9.69. The number of aliphatic carboxylic acids is 1. The molecule has 0 aromatic heterocycles. The predicted molar refractivity (Wildman–Crippen MR) is 118 cm³/mol. The van der Waals surface area contributed by atoms with Gasteiger partial charge in [-0.25, -0.2) is 0 Å². The van der Waals surface area contributed by atoms with E-state index in [9.17, 15) is 9.90 Å². The third kappa shape index (κ3) is 8.34. The molecule has 3 nitrogen and oxygen atoms in total. The fourth-order valence-electron chi connectivity index (χ4n) is 4.35. The van der Waals surface area contributed by atoms with Crippen LogP contribution in [0.4, 0.5) is 0 Å². The summed E-state index contributed by atoms with van der Waals surface area (Å²) in [7, 11) is 0. The highest BCUT2D eigenvalue weighted by atomic mass is 16.5. The summed E-state index contributed by atoms with van der Waals surface area (Å²) in [4.78, 5) is 11.8. The van der Waals surface area contributed by atoms with Crippen molar-refractivity contribution in [3.63, 3.8) is 0 Å². The molecule has 0 saturated heterocycles. The highest BCUT2D eigenvalue weighted by molar-refractivity contribution is 5.76. The second-order valence-electron chi connectivity index (χ2n) is 9.69. The Labute approximate surface area is 172 Å². The minimum Gasteiger partial charge on any atom is -0.481 e. The van der Waals surface area contributed by atoms with Gasteiger partial charge in [-0.15, -0.1) is 0 Å².